The Morgan fingerprint density at radius 2 is 2.14 bits per heavy atom. The van der Waals surface area contributed by atoms with Crippen LogP contribution in [0, 0.1) is 11.3 Å². The van der Waals surface area contributed by atoms with Gasteiger partial charge in [0.25, 0.3) is 5.91 Å². The summed E-state index contributed by atoms with van der Waals surface area (Å²) < 4.78 is 0.750. The molecule has 0 fully saturated rings. The molecule has 1 aromatic heterocycles. The number of quaternary nitrogens is 1. The molecule has 2 aromatic rings. The van der Waals surface area contributed by atoms with Crippen LogP contribution >= 0.6 is 34.5 Å². The Kier molecular flexibility index (Phi) is 5.81. The lowest BCUT2D eigenvalue weighted by molar-refractivity contribution is -0.884. The first kappa shape index (κ1) is 16.8. The number of nitrogens with one attached hydrogen (secondary N) is 2. The zero-order valence-electron chi connectivity index (χ0n) is 11.8. The average molecular weight is 355 g/mol. The molecule has 1 unspecified atom stereocenters. The van der Waals surface area contributed by atoms with Crippen molar-refractivity contribution in [2.75, 3.05) is 18.9 Å². The third-order valence-electron chi connectivity index (χ3n) is 2.94. The predicted octanol–water partition coefficient (Wildman–Crippen LogP) is 2.58. The van der Waals surface area contributed by atoms with E-state index in [-0.39, 0.29) is 5.91 Å². The Hall–Kier alpha value is -1.58. The summed E-state index contributed by atoms with van der Waals surface area (Å²) in [4.78, 5) is 14.2. The number of likely N-dealkylation sites (N-methyl/N-ethyl adjacent to an activating group) is 1. The maximum atomic E-state index is 12.0. The lowest BCUT2D eigenvalue weighted by Crippen LogP contribution is -3.08. The van der Waals surface area contributed by atoms with Crippen molar-refractivity contribution in [2.24, 2.45) is 0 Å². The molecule has 0 aliphatic heterocycles. The van der Waals surface area contributed by atoms with Gasteiger partial charge in [0.05, 0.1) is 26.8 Å². The molecule has 22 heavy (non-hydrogen) atoms. The van der Waals surface area contributed by atoms with Crippen LogP contribution < -0.4 is 10.2 Å². The molecule has 0 aliphatic rings. The van der Waals surface area contributed by atoms with Gasteiger partial charge in [0.1, 0.15) is 12.6 Å². The fourth-order valence-electron chi connectivity index (χ4n) is 1.97. The topological polar surface area (TPSA) is 57.3 Å². The number of nitriles is 1. The Morgan fingerprint density at radius 1 is 1.36 bits per heavy atom. The van der Waals surface area contributed by atoms with Crippen LogP contribution in [0.25, 0.3) is 0 Å². The Morgan fingerprint density at radius 3 is 2.73 bits per heavy atom. The van der Waals surface area contributed by atoms with Crippen molar-refractivity contribution < 1.29 is 9.69 Å². The number of rotatable bonds is 5. The van der Waals surface area contributed by atoms with E-state index in [0.717, 1.165) is 20.7 Å². The second kappa shape index (κ2) is 7.61. The summed E-state index contributed by atoms with van der Waals surface area (Å²) in [5.74, 6) is -0.110. The molecule has 1 aromatic carbocycles. The van der Waals surface area contributed by atoms with Crippen LogP contribution in [0.2, 0.25) is 9.36 Å². The molecular weight excluding hydrogens is 341 g/mol. The lowest BCUT2D eigenvalue weighted by atomic mass is 10.2. The van der Waals surface area contributed by atoms with Crippen LogP contribution in [0.15, 0.2) is 30.3 Å². The molecule has 2 rings (SSSR count). The van der Waals surface area contributed by atoms with Gasteiger partial charge in [-0.25, -0.2) is 0 Å². The van der Waals surface area contributed by atoms with Gasteiger partial charge in [0, 0.05) is 5.69 Å². The van der Waals surface area contributed by atoms with Gasteiger partial charge in [-0.05, 0) is 30.3 Å². The monoisotopic (exact) mass is 354 g/mol. The first-order valence-electron chi connectivity index (χ1n) is 6.53. The Balaban J connectivity index is 1.89. The molecule has 7 heteroatoms. The van der Waals surface area contributed by atoms with Crippen LogP contribution in [0.1, 0.15) is 10.4 Å². The number of benzene rings is 1. The SMILES string of the molecule is C[NH+](CC(=O)Nc1ccc(C#N)c(Cl)c1)Cc1ccc(Cl)s1. The maximum absolute atomic E-state index is 12.0. The van der Waals surface area contributed by atoms with Crippen molar-refractivity contribution in [2.45, 2.75) is 6.54 Å². The highest BCUT2D eigenvalue weighted by molar-refractivity contribution is 7.16. The van der Waals surface area contributed by atoms with E-state index in [9.17, 15) is 4.79 Å². The fourth-order valence-corrected chi connectivity index (χ4v) is 3.39. The van der Waals surface area contributed by atoms with Gasteiger partial charge >= 0.3 is 0 Å². The second-order valence-corrected chi connectivity index (χ2v) is 7.08. The Bertz CT molecular complexity index is 724. The molecule has 0 saturated carbocycles. The minimum Gasteiger partial charge on any atom is -0.325 e. The zero-order valence-corrected chi connectivity index (χ0v) is 14.1. The third-order valence-corrected chi connectivity index (χ3v) is 4.48. The van der Waals surface area contributed by atoms with Crippen LogP contribution in [0.4, 0.5) is 5.69 Å². The van der Waals surface area contributed by atoms with E-state index < -0.39 is 0 Å². The van der Waals surface area contributed by atoms with Crippen molar-refractivity contribution in [1.82, 2.24) is 0 Å². The molecule has 2 N–H and O–H groups in total. The third kappa shape index (κ3) is 4.72. The summed E-state index contributed by atoms with van der Waals surface area (Å²) in [6.07, 6.45) is 0. The molecular formula is C15H14Cl2N3OS+. The number of carbonyl (C=O) groups is 1. The Labute approximate surface area is 142 Å². The number of carbonyl (C=O) groups excluding carboxylic acids is 1. The van der Waals surface area contributed by atoms with Gasteiger partial charge in [-0.3, -0.25) is 4.79 Å². The fraction of sp³-hybridized carbons (Fsp3) is 0.200. The van der Waals surface area contributed by atoms with E-state index >= 15 is 0 Å². The molecule has 0 bridgehead atoms. The van der Waals surface area contributed by atoms with Gasteiger partial charge in [-0.15, -0.1) is 11.3 Å². The standard InChI is InChI=1S/C15H13Cl2N3OS/c1-20(8-12-4-5-14(17)22-12)9-15(21)19-11-3-2-10(7-18)13(16)6-11/h2-6H,8-9H2,1H3,(H,19,21)/p+1. The number of anilines is 1. The molecule has 4 nitrogen and oxygen atoms in total. The van der Waals surface area contributed by atoms with Crippen molar-refractivity contribution in [3.63, 3.8) is 0 Å². The minimum absolute atomic E-state index is 0.110. The van der Waals surface area contributed by atoms with Crippen molar-refractivity contribution in [3.05, 3.63) is 50.1 Å². The highest BCUT2D eigenvalue weighted by Crippen LogP contribution is 2.21. The predicted molar refractivity (Wildman–Crippen MR) is 89.6 cm³/mol. The number of amides is 1. The molecule has 0 spiro atoms. The van der Waals surface area contributed by atoms with E-state index in [1.165, 1.54) is 11.3 Å². The molecule has 1 heterocycles. The smallest absolute Gasteiger partial charge is 0.279 e. The summed E-state index contributed by atoms with van der Waals surface area (Å²) in [5.41, 5.74) is 0.970. The molecule has 0 radical (unpaired) electrons. The molecule has 1 atom stereocenters. The van der Waals surface area contributed by atoms with Crippen LogP contribution in [-0.2, 0) is 11.3 Å². The quantitative estimate of drug-likeness (QED) is 0.866. The van der Waals surface area contributed by atoms with Gasteiger partial charge in [0.15, 0.2) is 6.54 Å². The van der Waals surface area contributed by atoms with Gasteiger partial charge in [-0.2, -0.15) is 5.26 Å². The van der Waals surface area contributed by atoms with Crippen LogP contribution in [0.5, 0.6) is 0 Å². The molecule has 1 amide bonds. The number of hydrogen-bond donors (Lipinski definition) is 2. The number of thiophene rings is 1. The van der Waals surface area contributed by atoms with Gasteiger partial charge in [0.2, 0.25) is 0 Å². The van der Waals surface area contributed by atoms with E-state index in [0.29, 0.717) is 22.8 Å². The highest BCUT2D eigenvalue weighted by Gasteiger charge is 2.12. The average Bonchev–Trinajstić information content (AvgIpc) is 2.83. The second-order valence-electron chi connectivity index (χ2n) is 4.87. The lowest BCUT2D eigenvalue weighted by Gasteiger charge is -2.13. The summed E-state index contributed by atoms with van der Waals surface area (Å²) in [6, 6.07) is 10.6. The first-order chi connectivity index (χ1) is 10.5. The summed E-state index contributed by atoms with van der Waals surface area (Å²) in [6.45, 7) is 1.06. The normalized spacial score (nSPS) is 11.7. The molecule has 0 aliphatic carbocycles. The van der Waals surface area contributed by atoms with E-state index in [4.69, 9.17) is 28.5 Å². The maximum Gasteiger partial charge on any atom is 0.279 e. The summed E-state index contributed by atoms with van der Waals surface area (Å²) in [5, 5.41) is 11.9. The molecule has 0 saturated heterocycles. The molecule has 114 valence electrons. The van der Waals surface area contributed by atoms with Crippen molar-refractivity contribution in [3.8, 4) is 6.07 Å². The zero-order chi connectivity index (χ0) is 16.1. The number of halogens is 2. The van der Waals surface area contributed by atoms with Gasteiger partial charge in [-0.1, -0.05) is 23.2 Å². The van der Waals surface area contributed by atoms with Crippen LogP contribution in [0.3, 0.4) is 0 Å². The van der Waals surface area contributed by atoms with E-state index in [2.05, 4.69) is 5.32 Å². The summed E-state index contributed by atoms with van der Waals surface area (Å²) in [7, 11) is 1.94. The number of hydrogen-bond acceptors (Lipinski definition) is 3. The largest absolute Gasteiger partial charge is 0.325 e. The van der Waals surface area contributed by atoms with Crippen molar-refractivity contribution in [1.29, 1.82) is 5.26 Å². The summed E-state index contributed by atoms with van der Waals surface area (Å²) >= 11 is 13.3. The van der Waals surface area contributed by atoms with Crippen molar-refractivity contribution >= 4 is 46.1 Å². The van der Waals surface area contributed by atoms with E-state index in [1.54, 1.807) is 18.2 Å². The first-order valence-corrected chi connectivity index (χ1v) is 8.10. The van der Waals surface area contributed by atoms with E-state index in [1.807, 2.05) is 25.2 Å². The van der Waals surface area contributed by atoms with Gasteiger partial charge < -0.3 is 10.2 Å². The van der Waals surface area contributed by atoms with Crippen LogP contribution in [-0.4, -0.2) is 19.5 Å². The number of nitrogens with zero attached hydrogens (tertiary/aromatic N) is 1. The highest BCUT2D eigenvalue weighted by atomic mass is 35.5. The minimum atomic E-state index is -0.110.